The van der Waals surface area contributed by atoms with Crippen LogP contribution in [-0.2, 0) is 4.79 Å². The van der Waals surface area contributed by atoms with E-state index >= 15 is 0 Å². The zero-order valence-corrected chi connectivity index (χ0v) is 12.5. The maximum Gasteiger partial charge on any atom is 0.225 e. The minimum atomic E-state index is 0.626. The van der Waals surface area contributed by atoms with Crippen LogP contribution in [0.5, 0.6) is 0 Å². The Bertz CT molecular complexity index is 341. The Balaban J connectivity index is 2.10. The molecule has 1 aromatic rings. The maximum atomic E-state index is 10.1. The first-order chi connectivity index (χ1) is 9.36. The second-order valence-corrected chi connectivity index (χ2v) is 5.70. The van der Waals surface area contributed by atoms with E-state index in [0.29, 0.717) is 6.41 Å². The molecule has 0 saturated carbocycles. The summed E-state index contributed by atoms with van der Waals surface area (Å²) in [7, 11) is 0. The molecule has 1 aromatic carbocycles. The van der Waals surface area contributed by atoms with Gasteiger partial charge in [-0.15, -0.1) is 11.8 Å². The molecule has 0 atom stereocenters. The Hall–Kier alpha value is -1.16. The molecule has 0 spiro atoms. The van der Waals surface area contributed by atoms with Crippen molar-refractivity contribution in [2.24, 2.45) is 0 Å². The van der Waals surface area contributed by atoms with Gasteiger partial charge < -0.3 is 0 Å². The van der Waals surface area contributed by atoms with Gasteiger partial charge in [0.1, 0.15) is 0 Å². The molecule has 0 aliphatic rings. The van der Waals surface area contributed by atoms with Crippen LogP contribution in [0.2, 0.25) is 0 Å². The number of anilines is 1. The van der Waals surface area contributed by atoms with Gasteiger partial charge in [-0.05, 0) is 36.4 Å². The fourth-order valence-electron chi connectivity index (χ4n) is 1.82. The summed E-state index contributed by atoms with van der Waals surface area (Å²) in [5.41, 5.74) is 6.11. The smallest absolute Gasteiger partial charge is 0.225 e. The van der Waals surface area contributed by atoms with Gasteiger partial charge in [-0.3, -0.25) is 15.6 Å². The quantitative estimate of drug-likeness (QED) is 0.276. The molecule has 0 heterocycles. The lowest BCUT2D eigenvalue weighted by atomic mass is 10.1. The van der Waals surface area contributed by atoms with Gasteiger partial charge in [0.2, 0.25) is 6.41 Å². The summed E-state index contributed by atoms with van der Waals surface area (Å²) >= 11 is 1.90. The summed E-state index contributed by atoms with van der Waals surface area (Å²) in [5.74, 6) is 1.19. The van der Waals surface area contributed by atoms with Crippen molar-refractivity contribution in [3.8, 4) is 0 Å². The number of unbranched alkanes of at least 4 members (excludes halogenated alkanes) is 5. The molecule has 0 fully saturated rings. The highest BCUT2D eigenvalue weighted by Crippen LogP contribution is 2.21. The number of nitrogens with one attached hydrogen (secondary N) is 2. The summed E-state index contributed by atoms with van der Waals surface area (Å²) in [4.78, 5) is 11.4. The molecule has 4 heteroatoms. The van der Waals surface area contributed by atoms with Crippen molar-refractivity contribution in [3.63, 3.8) is 0 Å². The van der Waals surface area contributed by atoms with E-state index in [2.05, 4.69) is 29.9 Å². The second kappa shape index (κ2) is 10.7. The Morgan fingerprint density at radius 2 is 1.74 bits per heavy atom. The normalized spacial score (nSPS) is 10.2. The van der Waals surface area contributed by atoms with Crippen LogP contribution in [-0.4, -0.2) is 12.2 Å². The fourth-order valence-corrected chi connectivity index (χ4v) is 2.73. The van der Waals surface area contributed by atoms with Crippen LogP contribution in [0.15, 0.2) is 29.2 Å². The summed E-state index contributed by atoms with van der Waals surface area (Å²) in [5, 5.41) is 0. The number of thioether (sulfide) groups is 1. The van der Waals surface area contributed by atoms with Crippen molar-refractivity contribution in [2.75, 3.05) is 11.2 Å². The predicted octanol–water partition coefficient (Wildman–Crippen LogP) is 4.21. The number of hydrazine groups is 1. The first-order valence-electron chi connectivity index (χ1n) is 7.05. The van der Waals surface area contributed by atoms with Crippen LogP contribution in [0.3, 0.4) is 0 Å². The van der Waals surface area contributed by atoms with Crippen LogP contribution in [0.1, 0.15) is 45.4 Å². The lowest BCUT2D eigenvalue weighted by Gasteiger charge is -2.05. The number of benzene rings is 1. The number of amides is 1. The Labute approximate surface area is 120 Å². The van der Waals surface area contributed by atoms with Gasteiger partial charge in [-0.25, -0.2) is 0 Å². The largest absolute Gasteiger partial charge is 0.299 e. The lowest BCUT2D eigenvalue weighted by molar-refractivity contribution is -0.109. The van der Waals surface area contributed by atoms with Crippen molar-refractivity contribution in [1.82, 2.24) is 5.43 Å². The predicted molar refractivity (Wildman–Crippen MR) is 83.4 cm³/mol. The topological polar surface area (TPSA) is 41.1 Å². The van der Waals surface area contributed by atoms with Gasteiger partial charge >= 0.3 is 0 Å². The summed E-state index contributed by atoms with van der Waals surface area (Å²) in [6.07, 6.45) is 8.70. The summed E-state index contributed by atoms with van der Waals surface area (Å²) in [6, 6.07) is 8.10. The summed E-state index contributed by atoms with van der Waals surface area (Å²) < 4.78 is 0. The number of carbonyl (C=O) groups excluding carboxylic acids is 1. The van der Waals surface area contributed by atoms with E-state index in [9.17, 15) is 4.79 Å². The standard InChI is InChI=1S/C15H24N2OS/c1-2-3-4-5-6-7-12-19-15-10-8-14(9-11-15)17-16-13-18/h8-11,13,17H,2-7,12H2,1H3,(H,16,18). The second-order valence-electron chi connectivity index (χ2n) is 4.53. The SMILES string of the molecule is CCCCCCCCSc1ccc(NNC=O)cc1. The number of rotatable bonds is 11. The molecular formula is C15H24N2OS. The van der Waals surface area contributed by atoms with Crippen molar-refractivity contribution in [2.45, 2.75) is 50.3 Å². The minimum Gasteiger partial charge on any atom is -0.299 e. The third-order valence-corrected chi connectivity index (χ3v) is 3.99. The van der Waals surface area contributed by atoms with Crippen LogP contribution >= 0.6 is 11.8 Å². The van der Waals surface area contributed by atoms with Crippen molar-refractivity contribution < 1.29 is 4.79 Å². The number of hydrogen-bond donors (Lipinski definition) is 2. The van der Waals surface area contributed by atoms with Crippen molar-refractivity contribution in [3.05, 3.63) is 24.3 Å². The Kier molecular flexibility index (Phi) is 8.98. The Morgan fingerprint density at radius 3 is 2.42 bits per heavy atom. The molecule has 1 rings (SSSR count). The molecular weight excluding hydrogens is 256 g/mol. The third kappa shape index (κ3) is 7.78. The lowest BCUT2D eigenvalue weighted by Crippen LogP contribution is -2.18. The monoisotopic (exact) mass is 280 g/mol. The van der Waals surface area contributed by atoms with E-state index in [-0.39, 0.29) is 0 Å². The molecule has 0 unspecified atom stereocenters. The van der Waals surface area contributed by atoms with Crippen molar-refractivity contribution in [1.29, 1.82) is 0 Å². The zero-order valence-electron chi connectivity index (χ0n) is 11.7. The van der Waals surface area contributed by atoms with Gasteiger partial charge in [-0.2, -0.15) is 0 Å². The molecule has 0 bridgehead atoms. The van der Waals surface area contributed by atoms with E-state index < -0.39 is 0 Å². The molecule has 0 aliphatic heterocycles. The third-order valence-electron chi connectivity index (χ3n) is 2.90. The maximum absolute atomic E-state index is 10.1. The molecule has 0 aromatic heterocycles. The molecule has 3 nitrogen and oxygen atoms in total. The van der Waals surface area contributed by atoms with E-state index in [1.165, 1.54) is 49.2 Å². The first kappa shape index (κ1) is 15.9. The highest BCUT2D eigenvalue weighted by atomic mass is 32.2. The van der Waals surface area contributed by atoms with Gasteiger partial charge in [0.05, 0.1) is 5.69 Å². The average molecular weight is 280 g/mol. The minimum absolute atomic E-state index is 0.626. The Morgan fingerprint density at radius 1 is 1.05 bits per heavy atom. The van der Waals surface area contributed by atoms with Crippen LogP contribution in [0, 0.1) is 0 Å². The number of hydrogen-bond acceptors (Lipinski definition) is 3. The van der Waals surface area contributed by atoms with Gasteiger partial charge in [0.15, 0.2) is 0 Å². The van der Waals surface area contributed by atoms with E-state index in [4.69, 9.17) is 0 Å². The molecule has 19 heavy (non-hydrogen) atoms. The van der Waals surface area contributed by atoms with E-state index in [1.807, 2.05) is 23.9 Å². The average Bonchev–Trinajstić information content (AvgIpc) is 2.45. The molecule has 1 amide bonds. The van der Waals surface area contributed by atoms with E-state index in [1.54, 1.807) is 0 Å². The van der Waals surface area contributed by atoms with Gasteiger partial charge in [0, 0.05) is 4.90 Å². The van der Waals surface area contributed by atoms with Crippen LogP contribution in [0.25, 0.3) is 0 Å². The molecule has 2 N–H and O–H groups in total. The zero-order chi connectivity index (χ0) is 13.8. The fraction of sp³-hybridized carbons (Fsp3) is 0.533. The first-order valence-corrected chi connectivity index (χ1v) is 8.03. The molecule has 0 saturated heterocycles. The molecule has 106 valence electrons. The highest BCUT2D eigenvalue weighted by molar-refractivity contribution is 7.99. The van der Waals surface area contributed by atoms with E-state index in [0.717, 1.165) is 5.69 Å². The van der Waals surface area contributed by atoms with Crippen LogP contribution in [0.4, 0.5) is 5.69 Å². The van der Waals surface area contributed by atoms with Crippen molar-refractivity contribution >= 4 is 23.9 Å². The summed E-state index contributed by atoms with van der Waals surface area (Å²) in [6.45, 7) is 2.25. The molecule has 0 radical (unpaired) electrons. The van der Waals surface area contributed by atoms with Gasteiger partial charge in [-0.1, -0.05) is 39.0 Å². The van der Waals surface area contributed by atoms with Crippen LogP contribution < -0.4 is 10.9 Å². The molecule has 0 aliphatic carbocycles. The number of carbonyl (C=O) groups is 1. The van der Waals surface area contributed by atoms with Gasteiger partial charge in [0.25, 0.3) is 0 Å². The highest BCUT2D eigenvalue weighted by Gasteiger charge is 1.96.